The monoisotopic (exact) mass is 502 g/mol. The second kappa shape index (κ2) is 9.80. The summed E-state index contributed by atoms with van der Waals surface area (Å²) in [4.78, 5) is 18.5. The van der Waals surface area contributed by atoms with Crippen LogP contribution in [0, 0.1) is 0 Å². The van der Waals surface area contributed by atoms with Gasteiger partial charge in [0.05, 0.1) is 22.8 Å². The van der Waals surface area contributed by atoms with Crippen LogP contribution < -0.4 is 0 Å². The Labute approximate surface area is 225 Å². The first-order chi connectivity index (χ1) is 19.3. The highest BCUT2D eigenvalue weighted by Gasteiger charge is 2.11. The fraction of sp³-hybridized carbons (Fsp3) is 0. The van der Waals surface area contributed by atoms with Gasteiger partial charge in [0.25, 0.3) is 0 Å². The number of pyridine rings is 3. The lowest BCUT2D eigenvalue weighted by molar-refractivity contribution is 0.620. The third-order valence-electron chi connectivity index (χ3n) is 6.66. The Bertz CT molecular complexity index is 1790. The zero-order valence-corrected chi connectivity index (χ0v) is 20.9. The number of benzene rings is 3. The van der Waals surface area contributed by atoms with Crippen LogP contribution in [0.15, 0.2) is 138 Å². The van der Waals surface area contributed by atoms with Crippen molar-refractivity contribution in [2.75, 3.05) is 0 Å². The van der Waals surface area contributed by atoms with Crippen molar-refractivity contribution < 1.29 is 4.42 Å². The van der Waals surface area contributed by atoms with Crippen LogP contribution in [0.25, 0.3) is 67.6 Å². The summed E-state index contributed by atoms with van der Waals surface area (Å²) >= 11 is 0. The predicted octanol–water partition coefficient (Wildman–Crippen LogP) is 8.35. The topological polar surface area (TPSA) is 64.7 Å². The molecule has 39 heavy (non-hydrogen) atoms. The van der Waals surface area contributed by atoms with Crippen LogP contribution in [0.4, 0.5) is 0 Å². The molecule has 0 spiro atoms. The highest BCUT2D eigenvalue weighted by molar-refractivity contribution is 5.78. The number of oxazole rings is 1. The molecule has 184 valence electrons. The maximum Gasteiger partial charge on any atom is 0.227 e. The van der Waals surface area contributed by atoms with Gasteiger partial charge in [-0.2, -0.15) is 0 Å². The molecule has 0 saturated carbocycles. The molecule has 0 bridgehead atoms. The molecule has 0 amide bonds. The Hall–Kier alpha value is -5.42. The van der Waals surface area contributed by atoms with E-state index in [0.29, 0.717) is 5.89 Å². The summed E-state index contributed by atoms with van der Waals surface area (Å²) in [6.45, 7) is 0. The minimum Gasteiger partial charge on any atom is -0.436 e. The van der Waals surface area contributed by atoms with Gasteiger partial charge in [-0.05, 0) is 82.9 Å². The molecule has 0 unspecified atom stereocenters. The summed E-state index contributed by atoms with van der Waals surface area (Å²) in [5, 5.41) is 0. The number of nitrogens with zero attached hydrogens (tertiary/aromatic N) is 4. The first-order valence-electron chi connectivity index (χ1n) is 12.7. The third-order valence-corrected chi connectivity index (χ3v) is 6.66. The van der Waals surface area contributed by atoms with Gasteiger partial charge in [0.1, 0.15) is 5.52 Å². The summed E-state index contributed by atoms with van der Waals surface area (Å²) in [6.07, 6.45) is 3.57. The smallest absolute Gasteiger partial charge is 0.227 e. The molecule has 0 atom stereocenters. The zero-order valence-electron chi connectivity index (χ0n) is 20.9. The van der Waals surface area contributed by atoms with Crippen molar-refractivity contribution in [3.63, 3.8) is 0 Å². The fourth-order valence-corrected chi connectivity index (χ4v) is 4.64. The summed E-state index contributed by atoms with van der Waals surface area (Å²) in [6, 6.07) is 40.6. The van der Waals surface area contributed by atoms with Crippen LogP contribution >= 0.6 is 0 Å². The highest BCUT2D eigenvalue weighted by atomic mass is 16.3. The number of hydrogen-bond acceptors (Lipinski definition) is 5. The Balaban J connectivity index is 1.21. The molecule has 0 saturated heterocycles. The first-order valence-corrected chi connectivity index (χ1v) is 12.7. The largest absolute Gasteiger partial charge is 0.436 e. The summed E-state index contributed by atoms with van der Waals surface area (Å²) in [7, 11) is 0. The summed E-state index contributed by atoms with van der Waals surface area (Å²) in [5.41, 5.74) is 10.3. The van der Waals surface area contributed by atoms with E-state index in [2.05, 4.69) is 75.6 Å². The van der Waals surface area contributed by atoms with E-state index in [4.69, 9.17) is 9.40 Å². The summed E-state index contributed by atoms with van der Waals surface area (Å²) < 4.78 is 5.92. The van der Waals surface area contributed by atoms with E-state index in [0.717, 1.165) is 61.7 Å². The maximum atomic E-state index is 5.92. The van der Waals surface area contributed by atoms with Crippen molar-refractivity contribution in [3.8, 4) is 56.5 Å². The van der Waals surface area contributed by atoms with Crippen molar-refractivity contribution >= 4 is 11.1 Å². The van der Waals surface area contributed by atoms with Gasteiger partial charge in [-0.15, -0.1) is 0 Å². The lowest BCUT2D eigenvalue weighted by Gasteiger charge is -2.10. The molecule has 0 aliphatic carbocycles. The number of para-hydroxylation sites is 2. The minimum atomic E-state index is 0.628. The van der Waals surface area contributed by atoms with E-state index in [1.165, 1.54) is 0 Å². The molecule has 7 aromatic rings. The normalized spacial score (nSPS) is 11.1. The van der Waals surface area contributed by atoms with Crippen molar-refractivity contribution in [2.45, 2.75) is 0 Å². The van der Waals surface area contributed by atoms with E-state index in [9.17, 15) is 0 Å². The van der Waals surface area contributed by atoms with Crippen molar-refractivity contribution in [2.24, 2.45) is 0 Å². The fourth-order valence-electron chi connectivity index (χ4n) is 4.64. The van der Waals surface area contributed by atoms with Gasteiger partial charge in [-0.25, -0.2) is 9.97 Å². The standard InChI is InChI=1S/C34H22N4O/c1-2-10-33-30(9-1)38-34(39-33)26-17-15-24(16-18-26)23-11-13-25(14-12-23)27-21-31(28-7-3-5-19-35-28)37-32(22-27)29-8-4-6-20-36-29/h1-22H. The van der Waals surface area contributed by atoms with E-state index in [1.54, 1.807) is 12.4 Å². The average molecular weight is 503 g/mol. The van der Waals surface area contributed by atoms with E-state index >= 15 is 0 Å². The van der Waals surface area contributed by atoms with Crippen LogP contribution in [-0.4, -0.2) is 19.9 Å². The molecule has 0 aliphatic heterocycles. The Morgan fingerprint density at radius 1 is 0.410 bits per heavy atom. The number of aromatic nitrogens is 4. The molecule has 4 heterocycles. The molecule has 0 aliphatic rings. The number of fused-ring (bicyclic) bond motifs is 1. The van der Waals surface area contributed by atoms with Gasteiger partial charge in [0.15, 0.2) is 5.58 Å². The second-order valence-corrected chi connectivity index (χ2v) is 9.20. The first kappa shape index (κ1) is 22.8. The molecule has 5 heteroatoms. The van der Waals surface area contributed by atoms with Crippen LogP contribution in [0.3, 0.4) is 0 Å². The number of rotatable bonds is 5. The molecule has 0 N–H and O–H groups in total. The Morgan fingerprint density at radius 3 is 1.46 bits per heavy atom. The van der Waals surface area contributed by atoms with Gasteiger partial charge in [0, 0.05) is 18.0 Å². The maximum absolute atomic E-state index is 5.92. The molecule has 0 radical (unpaired) electrons. The Kier molecular flexibility index (Phi) is 5.72. The van der Waals surface area contributed by atoms with Gasteiger partial charge in [-0.1, -0.05) is 60.7 Å². The molecule has 3 aromatic carbocycles. The van der Waals surface area contributed by atoms with Gasteiger partial charge in [0.2, 0.25) is 5.89 Å². The van der Waals surface area contributed by atoms with Crippen molar-refractivity contribution in [3.05, 3.63) is 134 Å². The molecular weight excluding hydrogens is 480 g/mol. The van der Waals surface area contributed by atoms with Gasteiger partial charge < -0.3 is 4.42 Å². The van der Waals surface area contributed by atoms with Crippen LogP contribution in [-0.2, 0) is 0 Å². The third kappa shape index (κ3) is 4.58. The van der Waals surface area contributed by atoms with Gasteiger partial charge in [-0.3, -0.25) is 9.97 Å². The van der Waals surface area contributed by atoms with Crippen LogP contribution in [0.5, 0.6) is 0 Å². The SMILES string of the molecule is c1ccc(-c2cc(-c3ccc(-c4ccc(-c5nc6ccccc6o5)cc4)cc3)cc(-c3ccccn3)n2)nc1. The van der Waals surface area contributed by atoms with Crippen LogP contribution in [0.2, 0.25) is 0 Å². The molecule has 7 rings (SSSR count). The van der Waals surface area contributed by atoms with Crippen molar-refractivity contribution in [1.29, 1.82) is 0 Å². The highest BCUT2D eigenvalue weighted by Crippen LogP contribution is 2.31. The second-order valence-electron chi connectivity index (χ2n) is 9.20. The Morgan fingerprint density at radius 2 is 0.923 bits per heavy atom. The molecular formula is C34H22N4O. The lowest BCUT2D eigenvalue weighted by Crippen LogP contribution is -1.93. The van der Waals surface area contributed by atoms with E-state index in [-0.39, 0.29) is 0 Å². The van der Waals surface area contributed by atoms with Crippen molar-refractivity contribution in [1.82, 2.24) is 19.9 Å². The molecule has 5 nitrogen and oxygen atoms in total. The van der Waals surface area contributed by atoms with Gasteiger partial charge >= 0.3 is 0 Å². The molecule has 0 fully saturated rings. The summed E-state index contributed by atoms with van der Waals surface area (Å²) in [5.74, 6) is 0.628. The quantitative estimate of drug-likeness (QED) is 0.237. The van der Waals surface area contributed by atoms with Crippen LogP contribution in [0.1, 0.15) is 0 Å². The van der Waals surface area contributed by atoms with E-state index < -0.39 is 0 Å². The average Bonchev–Trinajstić information content (AvgIpc) is 3.46. The minimum absolute atomic E-state index is 0.628. The molecule has 4 aromatic heterocycles. The van der Waals surface area contributed by atoms with E-state index in [1.807, 2.05) is 60.7 Å². The zero-order chi connectivity index (χ0) is 26.0. The lowest BCUT2D eigenvalue weighted by atomic mass is 9.98. The predicted molar refractivity (Wildman–Crippen MR) is 155 cm³/mol. The number of hydrogen-bond donors (Lipinski definition) is 0.